The summed E-state index contributed by atoms with van der Waals surface area (Å²) in [6.45, 7) is 3.39. The lowest BCUT2D eigenvalue weighted by Gasteiger charge is -2.15. The van der Waals surface area contributed by atoms with Crippen LogP contribution in [0.2, 0.25) is 0 Å². The fraction of sp³-hybridized carbons (Fsp3) is 0.130. The van der Waals surface area contributed by atoms with Crippen molar-refractivity contribution in [3.8, 4) is 0 Å². The van der Waals surface area contributed by atoms with Gasteiger partial charge in [-0.1, -0.05) is 36.4 Å². The number of amides is 1. The van der Waals surface area contributed by atoms with E-state index in [1.807, 2.05) is 13.0 Å². The molecule has 0 bridgehead atoms. The molecule has 0 spiro atoms. The Bertz CT molecular complexity index is 1100. The van der Waals surface area contributed by atoms with Gasteiger partial charge in [0.25, 0.3) is 11.6 Å². The lowest BCUT2D eigenvalue weighted by Crippen LogP contribution is -2.14. The summed E-state index contributed by atoms with van der Waals surface area (Å²) in [5.74, 6) is -0.937. The molecule has 0 saturated carbocycles. The average Bonchev–Trinajstić information content (AvgIpc) is 2.75. The first-order valence-corrected chi connectivity index (χ1v) is 9.28. The Labute approximate surface area is 173 Å². The molecule has 1 N–H and O–H groups in total. The van der Waals surface area contributed by atoms with Gasteiger partial charge in [0, 0.05) is 17.3 Å². The van der Waals surface area contributed by atoms with Crippen molar-refractivity contribution in [2.24, 2.45) is 0 Å². The molecule has 0 heterocycles. The van der Waals surface area contributed by atoms with Gasteiger partial charge in [-0.2, -0.15) is 0 Å². The van der Waals surface area contributed by atoms with E-state index in [9.17, 15) is 19.7 Å². The van der Waals surface area contributed by atoms with Crippen LogP contribution >= 0.6 is 0 Å². The minimum Gasteiger partial charge on any atom is -0.454 e. The summed E-state index contributed by atoms with van der Waals surface area (Å²) in [4.78, 5) is 35.7. The Morgan fingerprint density at radius 2 is 1.63 bits per heavy atom. The number of nitro benzene ring substituents is 1. The number of nitrogens with zero attached hydrogens (tertiary/aromatic N) is 1. The van der Waals surface area contributed by atoms with Crippen LogP contribution < -0.4 is 5.32 Å². The van der Waals surface area contributed by atoms with Gasteiger partial charge in [-0.3, -0.25) is 14.9 Å². The number of rotatable bonds is 6. The molecule has 1 amide bonds. The molecule has 3 rings (SSSR count). The van der Waals surface area contributed by atoms with E-state index in [-0.39, 0.29) is 17.2 Å². The van der Waals surface area contributed by atoms with Crippen LogP contribution in [-0.2, 0) is 4.74 Å². The zero-order valence-electron chi connectivity index (χ0n) is 16.5. The number of ether oxygens (including phenoxy) is 1. The van der Waals surface area contributed by atoms with E-state index >= 15 is 0 Å². The van der Waals surface area contributed by atoms with E-state index in [0.717, 1.165) is 5.56 Å². The lowest BCUT2D eigenvalue weighted by molar-refractivity contribution is -0.386. The SMILES string of the molecule is Cc1ccc(C(=O)O[C@@H](C)c2ccccc2[N+](=O)[O-])cc1NC(=O)c1ccccc1. The van der Waals surface area contributed by atoms with Crippen LogP contribution in [0, 0.1) is 17.0 Å². The van der Waals surface area contributed by atoms with Crippen molar-refractivity contribution in [2.45, 2.75) is 20.0 Å². The number of nitro groups is 1. The highest BCUT2D eigenvalue weighted by atomic mass is 16.6. The molecule has 0 saturated heterocycles. The summed E-state index contributed by atoms with van der Waals surface area (Å²) < 4.78 is 5.44. The van der Waals surface area contributed by atoms with Crippen LogP contribution in [-0.4, -0.2) is 16.8 Å². The van der Waals surface area contributed by atoms with Gasteiger partial charge in [-0.05, 0) is 49.7 Å². The summed E-state index contributed by atoms with van der Waals surface area (Å²) in [6, 6.07) is 19.7. The van der Waals surface area contributed by atoms with E-state index in [4.69, 9.17) is 4.74 Å². The third kappa shape index (κ3) is 4.70. The number of nitrogens with one attached hydrogen (secondary N) is 1. The first kappa shape index (κ1) is 20.7. The largest absolute Gasteiger partial charge is 0.454 e. The molecule has 7 heteroatoms. The van der Waals surface area contributed by atoms with Crippen molar-refractivity contribution in [1.82, 2.24) is 0 Å². The van der Waals surface area contributed by atoms with Crippen molar-refractivity contribution in [3.63, 3.8) is 0 Å². The van der Waals surface area contributed by atoms with Gasteiger partial charge in [0.15, 0.2) is 0 Å². The summed E-state index contributed by atoms with van der Waals surface area (Å²) in [6.07, 6.45) is -0.817. The topological polar surface area (TPSA) is 98.5 Å². The van der Waals surface area contributed by atoms with Crippen molar-refractivity contribution in [2.75, 3.05) is 5.32 Å². The van der Waals surface area contributed by atoms with Gasteiger partial charge in [-0.15, -0.1) is 0 Å². The Kier molecular flexibility index (Phi) is 6.22. The third-order valence-electron chi connectivity index (χ3n) is 4.61. The van der Waals surface area contributed by atoms with Gasteiger partial charge in [0.1, 0.15) is 6.10 Å². The first-order chi connectivity index (χ1) is 14.4. The number of esters is 1. The number of hydrogen-bond acceptors (Lipinski definition) is 5. The first-order valence-electron chi connectivity index (χ1n) is 9.28. The number of aryl methyl sites for hydroxylation is 1. The molecule has 0 unspecified atom stereocenters. The standard InChI is InChI=1S/C23H20N2O5/c1-15-12-13-18(14-20(15)24-22(26)17-8-4-3-5-9-17)23(27)30-16(2)19-10-6-7-11-21(19)25(28)29/h3-14,16H,1-2H3,(H,24,26)/t16-/m0/s1. The summed E-state index contributed by atoms with van der Waals surface area (Å²) in [7, 11) is 0. The Morgan fingerprint density at radius 1 is 0.967 bits per heavy atom. The average molecular weight is 404 g/mol. The summed E-state index contributed by atoms with van der Waals surface area (Å²) in [5, 5.41) is 14.0. The monoisotopic (exact) mass is 404 g/mol. The Balaban J connectivity index is 1.78. The second-order valence-corrected chi connectivity index (χ2v) is 6.71. The van der Waals surface area contributed by atoms with Crippen LogP contribution in [0.15, 0.2) is 72.8 Å². The third-order valence-corrected chi connectivity index (χ3v) is 4.61. The predicted octanol–water partition coefficient (Wildman–Crippen LogP) is 5.07. The maximum absolute atomic E-state index is 12.6. The number of anilines is 1. The molecule has 0 radical (unpaired) electrons. The van der Waals surface area contributed by atoms with Crippen LogP contribution in [0.4, 0.5) is 11.4 Å². The van der Waals surface area contributed by atoms with Gasteiger partial charge in [0.2, 0.25) is 0 Å². The van der Waals surface area contributed by atoms with Gasteiger partial charge < -0.3 is 10.1 Å². The zero-order chi connectivity index (χ0) is 21.7. The second kappa shape index (κ2) is 9.00. The molecule has 0 fully saturated rings. The van der Waals surface area contributed by atoms with Crippen LogP contribution in [0.5, 0.6) is 0 Å². The van der Waals surface area contributed by atoms with E-state index < -0.39 is 17.0 Å². The highest BCUT2D eigenvalue weighted by Crippen LogP contribution is 2.28. The van der Waals surface area contributed by atoms with E-state index in [2.05, 4.69) is 5.32 Å². The maximum atomic E-state index is 12.6. The van der Waals surface area contributed by atoms with E-state index in [0.29, 0.717) is 16.8 Å². The fourth-order valence-electron chi connectivity index (χ4n) is 2.96. The minimum absolute atomic E-state index is 0.113. The highest BCUT2D eigenvalue weighted by Gasteiger charge is 2.22. The summed E-state index contributed by atoms with van der Waals surface area (Å²) >= 11 is 0. The van der Waals surface area contributed by atoms with Crippen LogP contribution in [0.1, 0.15) is 44.9 Å². The van der Waals surface area contributed by atoms with Crippen molar-refractivity contribution < 1.29 is 19.2 Å². The number of carbonyl (C=O) groups is 2. The quantitative estimate of drug-likeness (QED) is 0.351. The minimum atomic E-state index is -0.817. The Morgan fingerprint density at radius 3 is 2.33 bits per heavy atom. The number of benzene rings is 3. The molecule has 30 heavy (non-hydrogen) atoms. The van der Waals surface area contributed by atoms with Crippen molar-refractivity contribution in [1.29, 1.82) is 0 Å². The zero-order valence-corrected chi connectivity index (χ0v) is 16.5. The molecule has 0 aliphatic heterocycles. The van der Waals surface area contributed by atoms with Crippen LogP contribution in [0.25, 0.3) is 0 Å². The summed E-state index contributed by atoms with van der Waals surface area (Å²) in [5.41, 5.74) is 2.18. The molecular formula is C23H20N2O5. The smallest absolute Gasteiger partial charge is 0.338 e. The van der Waals surface area contributed by atoms with Gasteiger partial charge >= 0.3 is 5.97 Å². The molecule has 0 aliphatic carbocycles. The number of para-hydroxylation sites is 1. The highest BCUT2D eigenvalue weighted by molar-refractivity contribution is 6.05. The molecule has 3 aromatic carbocycles. The lowest BCUT2D eigenvalue weighted by atomic mass is 10.1. The van der Waals surface area contributed by atoms with Gasteiger partial charge in [-0.25, -0.2) is 4.79 Å². The maximum Gasteiger partial charge on any atom is 0.338 e. The van der Waals surface area contributed by atoms with E-state index in [1.54, 1.807) is 61.5 Å². The Hall–Kier alpha value is -4.00. The molecule has 152 valence electrons. The van der Waals surface area contributed by atoms with Crippen molar-refractivity contribution >= 4 is 23.3 Å². The van der Waals surface area contributed by atoms with Gasteiger partial charge in [0.05, 0.1) is 16.1 Å². The molecule has 3 aromatic rings. The molecule has 7 nitrogen and oxygen atoms in total. The number of hydrogen-bond donors (Lipinski definition) is 1. The fourth-order valence-corrected chi connectivity index (χ4v) is 2.96. The van der Waals surface area contributed by atoms with Crippen LogP contribution in [0.3, 0.4) is 0 Å². The normalized spacial score (nSPS) is 11.4. The molecule has 0 aliphatic rings. The molecule has 0 aromatic heterocycles. The second-order valence-electron chi connectivity index (χ2n) is 6.71. The molecular weight excluding hydrogens is 384 g/mol. The number of carbonyl (C=O) groups excluding carboxylic acids is 2. The predicted molar refractivity (Wildman–Crippen MR) is 113 cm³/mol. The molecule has 1 atom stereocenters. The van der Waals surface area contributed by atoms with E-state index in [1.165, 1.54) is 12.1 Å². The van der Waals surface area contributed by atoms with Crippen molar-refractivity contribution in [3.05, 3.63) is 105 Å².